The number of carbonyl (C=O) groups is 3. The van der Waals surface area contributed by atoms with E-state index in [1.165, 1.54) is 16.9 Å². The fourth-order valence-corrected chi connectivity index (χ4v) is 3.57. The molecule has 3 aromatic rings. The molecule has 0 spiro atoms. The lowest BCUT2D eigenvalue weighted by atomic mass is 10.3. The molecule has 3 rings (SSSR count). The second-order valence-corrected chi connectivity index (χ2v) is 8.69. The Hall–Kier alpha value is -4.13. The van der Waals surface area contributed by atoms with Crippen LogP contribution in [-0.2, 0) is 29.2 Å². The van der Waals surface area contributed by atoms with Gasteiger partial charge in [0.25, 0.3) is 23.5 Å². The van der Waals surface area contributed by atoms with Crippen molar-refractivity contribution < 1.29 is 23.7 Å². The zero-order valence-electron chi connectivity index (χ0n) is 20.7. The predicted octanol–water partition coefficient (Wildman–Crippen LogP) is -0.348. The summed E-state index contributed by atoms with van der Waals surface area (Å²) in [4.78, 5) is 49.0. The first kappa shape index (κ1) is 26.5. The molecule has 36 heavy (non-hydrogen) atoms. The fourth-order valence-electron chi connectivity index (χ4n) is 3.45. The number of nitrogen functional groups attached to an aromatic ring is 2. The first-order valence-corrected chi connectivity index (χ1v) is 11.2. The SMILES string of the molecule is COc1ccc2c(c1)n(CC(=O)N(C)C)c(CNC(=O)c1nc(Cl)c(N)nc1N)[n+]2CC(=O)N(C)C. The van der Waals surface area contributed by atoms with Crippen LogP contribution in [0.15, 0.2) is 18.2 Å². The van der Waals surface area contributed by atoms with Gasteiger partial charge in [-0.25, -0.2) is 19.1 Å². The summed E-state index contributed by atoms with van der Waals surface area (Å²) in [6.07, 6.45) is 0. The normalized spacial score (nSPS) is 10.8. The number of nitrogens with zero attached hydrogens (tertiary/aromatic N) is 6. The lowest BCUT2D eigenvalue weighted by Gasteiger charge is -2.12. The molecule has 0 radical (unpaired) electrons. The van der Waals surface area contributed by atoms with Gasteiger partial charge in [0.15, 0.2) is 46.6 Å². The monoisotopic (exact) mass is 518 g/mol. The Morgan fingerprint density at radius 2 is 1.75 bits per heavy atom. The summed E-state index contributed by atoms with van der Waals surface area (Å²) in [5, 5.41) is 2.58. The Labute approximate surface area is 212 Å². The first-order valence-electron chi connectivity index (χ1n) is 10.8. The van der Waals surface area contributed by atoms with Gasteiger partial charge in [-0.3, -0.25) is 14.4 Å². The molecule has 0 bridgehead atoms. The number of rotatable bonds is 8. The standard InChI is InChI=1S/C22H28ClN9O4/c1-29(2)16(33)10-31-13-7-6-12(36-5)8-14(13)32(11-17(34)30(3)4)15(31)9-26-22(35)18-20(24)28-21(25)19(23)27-18/h6-8H,9-11H2,1-5H3,(H4-,24,25,26,28,35)/p+1. The van der Waals surface area contributed by atoms with Crippen LogP contribution in [0, 0.1) is 0 Å². The Balaban J connectivity index is 2.12. The number of nitrogens with two attached hydrogens (primary N) is 2. The number of benzene rings is 1. The van der Waals surface area contributed by atoms with Crippen LogP contribution in [0.3, 0.4) is 0 Å². The van der Waals surface area contributed by atoms with Crippen molar-refractivity contribution in [3.8, 4) is 5.75 Å². The van der Waals surface area contributed by atoms with E-state index in [9.17, 15) is 14.4 Å². The largest absolute Gasteiger partial charge is 0.497 e. The lowest BCUT2D eigenvalue weighted by Crippen LogP contribution is -2.47. The van der Waals surface area contributed by atoms with Crippen molar-refractivity contribution >= 4 is 52.0 Å². The maximum atomic E-state index is 12.9. The van der Waals surface area contributed by atoms with Crippen molar-refractivity contribution in [2.24, 2.45) is 0 Å². The van der Waals surface area contributed by atoms with Crippen LogP contribution < -0.4 is 26.1 Å². The minimum absolute atomic E-state index is 0.0279. The molecule has 0 atom stereocenters. The maximum Gasteiger partial charge on any atom is 0.278 e. The molecular weight excluding hydrogens is 490 g/mol. The van der Waals surface area contributed by atoms with Gasteiger partial charge in [0.1, 0.15) is 12.3 Å². The average molecular weight is 519 g/mol. The molecule has 14 heteroatoms. The number of hydrogen-bond acceptors (Lipinski definition) is 8. The molecule has 0 aliphatic rings. The Kier molecular flexibility index (Phi) is 7.83. The summed E-state index contributed by atoms with van der Waals surface area (Å²) < 4.78 is 8.85. The van der Waals surface area contributed by atoms with Crippen molar-refractivity contribution in [1.82, 2.24) is 29.7 Å². The van der Waals surface area contributed by atoms with Crippen molar-refractivity contribution in [3.63, 3.8) is 0 Å². The number of fused-ring (bicyclic) bond motifs is 1. The minimum atomic E-state index is -0.652. The molecule has 0 aliphatic heterocycles. The quantitative estimate of drug-likeness (QED) is 0.340. The van der Waals surface area contributed by atoms with E-state index in [1.807, 2.05) is 0 Å². The topological polar surface area (TPSA) is 166 Å². The Bertz CT molecular complexity index is 1340. The van der Waals surface area contributed by atoms with E-state index < -0.39 is 5.91 Å². The van der Waals surface area contributed by atoms with Gasteiger partial charge in [0.05, 0.1) is 7.11 Å². The van der Waals surface area contributed by atoms with E-state index in [-0.39, 0.29) is 53.9 Å². The van der Waals surface area contributed by atoms with Gasteiger partial charge >= 0.3 is 0 Å². The van der Waals surface area contributed by atoms with E-state index in [0.717, 1.165) is 0 Å². The molecule has 3 amide bonds. The van der Waals surface area contributed by atoms with Gasteiger partial charge in [-0.2, -0.15) is 0 Å². The van der Waals surface area contributed by atoms with Crippen LogP contribution in [0.5, 0.6) is 5.75 Å². The summed E-state index contributed by atoms with van der Waals surface area (Å²) in [6.45, 7) is -0.138. The van der Waals surface area contributed by atoms with Gasteiger partial charge in [0, 0.05) is 34.3 Å². The number of imidazole rings is 1. The summed E-state index contributed by atoms with van der Waals surface area (Å²) >= 11 is 5.91. The maximum absolute atomic E-state index is 12.9. The first-order chi connectivity index (χ1) is 16.9. The molecule has 192 valence electrons. The average Bonchev–Trinajstić information content (AvgIpc) is 3.10. The van der Waals surface area contributed by atoms with Crippen LogP contribution in [0.1, 0.15) is 16.3 Å². The van der Waals surface area contributed by atoms with Crippen LogP contribution in [0.2, 0.25) is 5.15 Å². The second-order valence-electron chi connectivity index (χ2n) is 8.34. The number of anilines is 2. The molecule has 0 saturated carbocycles. The van der Waals surface area contributed by atoms with Crippen LogP contribution in [-0.4, -0.2) is 77.4 Å². The molecule has 1 aromatic carbocycles. The number of methoxy groups -OCH3 is 1. The summed E-state index contributed by atoms with van der Waals surface area (Å²) in [5.74, 6) is -0.235. The van der Waals surface area contributed by atoms with Gasteiger partial charge in [0.2, 0.25) is 0 Å². The molecule has 13 nitrogen and oxygen atoms in total. The molecule has 2 aromatic heterocycles. The second kappa shape index (κ2) is 10.6. The van der Waals surface area contributed by atoms with Crippen LogP contribution >= 0.6 is 11.6 Å². The van der Waals surface area contributed by atoms with E-state index in [2.05, 4.69) is 15.3 Å². The summed E-state index contributed by atoms with van der Waals surface area (Å²) in [6, 6.07) is 5.32. The van der Waals surface area contributed by atoms with E-state index in [1.54, 1.807) is 55.5 Å². The number of amides is 3. The highest BCUT2D eigenvalue weighted by Gasteiger charge is 2.30. The number of halogens is 1. The van der Waals surface area contributed by atoms with Crippen LogP contribution in [0.25, 0.3) is 11.0 Å². The van der Waals surface area contributed by atoms with Crippen molar-refractivity contribution in [3.05, 3.63) is 34.9 Å². The molecule has 0 unspecified atom stereocenters. The molecule has 0 fully saturated rings. The lowest BCUT2D eigenvalue weighted by molar-refractivity contribution is -0.668. The highest BCUT2D eigenvalue weighted by molar-refractivity contribution is 6.31. The van der Waals surface area contributed by atoms with E-state index in [0.29, 0.717) is 22.6 Å². The van der Waals surface area contributed by atoms with Gasteiger partial charge in [-0.1, -0.05) is 11.6 Å². The number of likely N-dealkylation sites (N-methyl/N-ethyl adjacent to an activating group) is 2. The van der Waals surface area contributed by atoms with Gasteiger partial charge in [-0.05, 0) is 12.1 Å². The number of carbonyl (C=O) groups excluding carboxylic acids is 3. The number of nitrogens with one attached hydrogen (secondary N) is 1. The number of hydrogen-bond donors (Lipinski definition) is 3. The number of ether oxygens (including phenoxy) is 1. The van der Waals surface area contributed by atoms with E-state index in [4.69, 9.17) is 27.8 Å². The van der Waals surface area contributed by atoms with Crippen molar-refractivity contribution in [2.45, 2.75) is 19.6 Å². The molecule has 2 heterocycles. The number of aromatic nitrogens is 4. The third-order valence-electron chi connectivity index (χ3n) is 5.50. The molecule has 0 saturated heterocycles. The highest BCUT2D eigenvalue weighted by atomic mass is 35.5. The molecule has 5 N–H and O–H groups in total. The van der Waals surface area contributed by atoms with E-state index >= 15 is 0 Å². The highest BCUT2D eigenvalue weighted by Crippen LogP contribution is 2.22. The summed E-state index contributed by atoms with van der Waals surface area (Å²) in [7, 11) is 8.12. The molecule has 0 aliphatic carbocycles. The predicted molar refractivity (Wildman–Crippen MR) is 133 cm³/mol. The third kappa shape index (κ3) is 5.40. The smallest absolute Gasteiger partial charge is 0.278 e. The zero-order valence-corrected chi connectivity index (χ0v) is 21.5. The third-order valence-corrected chi connectivity index (χ3v) is 5.78. The van der Waals surface area contributed by atoms with Crippen molar-refractivity contribution in [2.75, 3.05) is 46.8 Å². The fraction of sp³-hybridized carbons (Fsp3) is 0.364. The Morgan fingerprint density at radius 1 is 1.08 bits per heavy atom. The van der Waals surface area contributed by atoms with Crippen molar-refractivity contribution in [1.29, 1.82) is 0 Å². The zero-order chi connectivity index (χ0) is 26.7. The van der Waals surface area contributed by atoms with Gasteiger partial charge < -0.3 is 31.3 Å². The van der Waals surface area contributed by atoms with Crippen LogP contribution in [0.4, 0.5) is 11.6 Å². The minimum Gasteiger partial charge on any atom is -0.497 e. The Morgan fingerprint density at radius 3 is 2.36 bits per heavy atom. The summed E-state index contributed by atoms with van der Waals surface area (Å²) in [5.41, 5.74) is 12.5. The molecular formula is C22H29ClN9O4+. The van der Waals surface area contributed by atoms with Gasteiger partial charge in [-0.15, -0.1) is 0 Å².